The molecular weight excluding hydrogens is 865 g/mol. The second kappa shape index (κ2) is 56.4. The Morgan fingerprint density at radius 1 is 0.300 bits per heavy atom. The standard InChI is InChI=1S/C64H96O6/c1-4-7-10-13-16-19-22-25-28-31-32-34-36-39-42-45-48-51-54-57-63(66)69-60-61(59-68-62(65)56-53-50-47-44-41-38-35-30-27-24-21-18-15-12-9-6-3)70-64(67)58-55-52-49-46-43-40-37-33-29-26-23-20-17-14-11-8-5-2/h7-12,14,16-21,23,25-30,33,37-38,40-41,43,47,50,61H,4-6,13,15,22,24,31-32,34-36,39,42,44-46,48-49,51-60H2,1-3H3/b10-7-,11-8-,12-9-,17-14-,19-16-,21-18-,23-20-,28-25-,29-26-,30-27-,37-33+,41-38-,43-40-,50-47-. The van der Waals surface area contributed by atoms with Crippen molar-refractivity contribution in [2.75, 3.05) is 13.2 Å². The van der Waals surface area contributed by atoms with Crippen LogP contribution in [-0.4, -0.2) is 37.2 Å². The molecule has 0 fully saturated rings. The number of carbonyl (C=O) groups is 3. The van der Waals surface area contributed by atoms with Gasteiger partial charge in [-0.1, -0.05) is 242 Å². The van der Waals surface area contributed by atoms with Crippen LogP contribution < -0.4 is 0 Å². The van der Waals surface area contributed by atoms with Crippen molar-refractivity contribution in [3.05, 3.63) is 170 Å². The first-order valence-electron chi connectivity index (χ1n) is 27.2. The second-order valence-electron chi connectivity index (χ2n) is 17.1. The lowest BCUT2D eigenvalue weighted by Crippen LogP contribution is -2.30. The Hall–Kier alpha value is -5.23. The van der Waals surface area contributed by atoms with Crippen LogP contribution in [0.1, 0.15) is 194 Å². The summed E-state index contributed by atoms with van der Waals surface area (Å²) in [5.41, 5.74) is 0. The minimum Gasteiger partial charge on any atom is -0.462 e. The Balaban J connectivity index is 4.61. The van der Waals surface area contributed by atoms with Crippen LogP contribution in [0.4, 0.5) is 0 Å². The molecule has 6 heteroatoms. The highest BCUT2D eigenvalue weighted by molar-refractivity contribution is 5.71. The third-order valence-corrected chi connectivity index (χ3v) is 10.6. The smallest absolute Gasteiger partial charge is 0.306 e. The molecule has 0 heterocycles. The van der Waals surface area contributed by atoms with Gasteiger partial charge in [-0.3, -0.25) is 14.4 Å². The van der Waals surface area contributed by atoms with Crippen molar-refractivity contribution in [2.24, 2.45) is 0 Å². The van der Waals surface area contributed by atoms with Gasteiger partial charge in [0.05, 0.1) is 0 Å². The van der Waals surface area contributed by atoms with Crippen LogP contribution in [0.2, 0.25) is 0 Å². The van der Waals surface area contributed by atoms with Gasteiger partial charge in [-0.05, 0) is 103 Å². The molecular formula is C64H96O6. The summed E-state index contributed by atoms with van der Waals surface area (Å²) in [5.74, 6) is -1.08. The maximum Gasteiger partial charge on any atom is 0.306 e. The average molecular weight is 961 g/mol. The minimum absolute atomic E-state index is 0.131. The van der Waals surface area contributed by atoms with Crippen molar-refractivity contribution < 1.29 is 28.6 Å². The van der Waals surface area contributed by atoms with E-state index >= 15 is 0 Å². The van der Waals surface area contributed by atoms with Gasteiger partial charge in [0.15, 0.2) is 6.10 Å². The molecule has 0 amide bonds. The van der Waals surface area contributed by atoms with Crippen molar-refractivity contribution in [1.82, 2.24) is 0 Å². The Kier molecular flexibility index (Phi) is 52.1. The zero-order chi connectivity index (χ0) is 50.7. The number of esters is 3. The third-order valence-electron chi connectivity index (χ3n) is 10.6. The highest BCUT2D eigenvalue weighted by Gasteiger charge is 2.19. The predicted octanol–water partition coefficient (Wildman–Crippen LogP) is 18.4. The molecule has 0 radical (unpaired) electrons. The summed E-state index contributed by atoms with van der Waals surface area (Å²) in [5, 5.41) is 0. The molecule has 0 N–H and O–H groups in total. The van der Waals surface area contributed by atoms with E-state index in [2.05, 4.69) is 118 Å². The van der Waals surface area contributed by atoms with E-state index in [1.54, 1.807) is 0 Å². The molecule has 0 saturated carbocycles. The van der Waals surface area contributed by atoms with E-state index in [9.17, 15) is 14.4 Å². The predicted molar refractivity (Wildman–Crippen MR) is 301 cm³/mol. The summed E-state index contributed by atoms with van der Waals surface area (Å²) in [7, 11) is 0. The lowest BCUT2D eigenvalue weighted by Gasteiger charge is -2.18. The van der Waals surface area contributed by atoms with Crippen molar-refractivity contribution in [1.29, 1.82) is 0 Å². The van der Waals surface area contributed by atoms with Crippen LogP contribution in [-0.2, 0) is 28.6 Å². The van der Waals surface area contributed by atoms with Gasteiger partial charge >= 0.3 is 17.9 Å². The third kappa shape index (κ3) is 53.7. The van der Waals surface area contributed by atoms with Gasteiger partial charge in [0, 0.05) is 19.3 Å². The maximum atomic E-state index is 12.8. The molecule has 0 spiro atoms. The van der Waals surface area contributed by atoms with Crippen LogP contribution in [0, 0.1) is 0 Å². The molecule has 6 nitrogen and oxygen atoms in total. The Bertz CT molecular complexity index is 1670. The molecule has 0 aliphatic carbocycles. The zero-order valence-corrected chi connectivity index (χ0v) is 44.2. The first-order valence-corrected chi connectivity index (χ1v) is 27.2. The fraction of sp³-hybridized carbons (Fsp3) is 0.516. The molecule has 0 aliphatic heterocycles. The van der Waals surface area contributed by atoms with E-state index < -0.39 is 6.10 Å². The normalized spacial score (nSPS) is 13.5. The molecule has 0 aliphatic rings. The minimum atomic E-state index is -0.844. The quantitative estimate of drug-likeness (QED) is 0.0199. The Labute approximate surface area is 428 Å². The number of hydrogen-bond donors (Lipinski definition) is 0. The highest BCUT2D eigenvalue weighted by atomic mass is 16.6. The van der Waals surface area contributed by atoms with Gasteiger partial charge < -0.3 is 14.2 Å². The Morgan fingerprint density at radius 3 is 1.07 bits per heavy atom. The highest BCUT2D eigenvalue weighted by Crippen LogP contribution is 2.13. The van der Waals surface area contributed by atoms with E-state index in [0.29, 0.717) is 19.3 Å². The van der Waals surface area contributed by atoms with E-state index in [4.69, 9.17) is 14.2 Å². The Morgan fingerprint density at radius 2 is 0.614 bits per heavy atom. The summed E-state index contributed by atoms with van der Waals surface area (Å²) >= 11 is 0. The van der Waals surface area contributed by atoms with Gasteiger partial charge in [0.25, 0.3) is 0 Å². The molecule has 0 saturated heterocycles. The zero-order valence-electron chi connectivity index (χ0n) is 44.2. The van der Waals surface area contributed by atoms with Gasteiger partial charge in [-0.2, -0.15) is 0 Å². The van der Waals surface area contributed by atoms with Crippen molar-refractivity contribution >= 4 is 17.9 Å². The van der Waals surface area contributed by atoms with Crippen LogP contribution in [0.15, 0.2) is 170 Å². The molecule has 1 atom stereocenters. The first-order chi connectivity index (χ1) is 34.5. The SMILES string of the molecule is CC\C=C/C=C\C=C/C=C\C=C\C=C/CCCCCC(=O)OC(COC(=O)CC/C=C\C/C=C\C/C=C\C/C=C\C/C=C\CC)COC(=O)CCCCCCCCCCC/C=C\C/C=C\C/C=C\CC. The average Bonchev–Trinajstić information content (AvgIpc) is 3.36. The number of rotatable bonds is 46. The first kappa shape index (κ1) is 64.8. The lowest BCUT2D eigenvalue weighted by atomic mass is 10.1. The van der Waals surface area contributed by atoms with Crippen molar-refractivity contribution in [3.63, 3.8) is 0 Å². The fourth-order valence-corrected chi connectivity index (χ4v) is 6.65. The summed E-state index contributed by atoms with van der Waals surface area (Å²) in [4.78, 5) is 38.1. The molecule has 1 unspecified atom stereocenters. The molecule has 388 valence electrons. The van der Waals surface area contributed by atoms with Gasteiger partial charge in [0.2, 0.25) is 0 Å². The van der Waals surface area contributed by atoms with E-state index in [1.807, 2.05) is 72.9 Å². The summed E-state index contributed by atoms with van der Waals surface area (Å²) in [6.45, 7) is 6.14. The number of ether oxygens (including phenoxy) is 3. The largest absolute Gasteiger partial charge is 0.462 e. The van der Waals surface area contributed by atoms with Crippen LogP contribution in [0.25, 0.3) is 0 Å². The maximum absolute atomic E-state index is 12.8. The van der Waals surface area contributed by atoms with Crippen LogP contribution in [0.5, 0.6) is 0 Å². The second-order valence-corrected chi connectivity index (χ2v) is 17.1. The molecule has 0 aromatic rings. The number of allylic oxidation sites excluding steroid dienone is 28. The molecule has 0 aromatic heterocycles. The molecule has 0 bridgehead atoms. The van der Waals surface area contributed by atoms with E-state index in [0.717, 1.165) is 103 Å². The molecule has 70 heavy (non-hydrogen) atoms. The van der Waals surface area contributed by atoms with E-state index in [1.165, 1.54) is 38.5 Å². The summed E-state index contributed by atoms with van der Waals surface area (Å²) in [6, 6.07) is 0. The fourth-order valence-electron chi connectivity index (χ4n) is 6.65. The van der Waals surface area contributed by atoms with Gasteiger partial charge in [-0.25, -0.2) is 0 Å². The van der Waals surface area contributed by atoms with Gasteiger partial charge in [0.1, 0.15) is 13.2 Å². The summed E-state index contributed by atoms with van der Waals surface area (Å²) in [6.07, 6.45) is 83.5. The number of carbonyl (C=O) groups excluding carboxylic acids is 3. The molecule has 0 aromatic carbocycles. The van der Waals surface area contributed by atoms with E-state index in [-0.39, 0.29) is 44.0 Å². The van der Waals surface area contributed by atoms with Gasteiger partial charge in [-0.15, -0.1) is 0 Å². The molecule has 0 rings (SSSR count). The lowest BCUT2D eigenvalue weighted by molar-refractivity contribution is -0.166. The van der Waals surface area contributed by atoms with Crippen molar-refractivity contribution in [3.8, 4) is 0 Å². The van der Waals surface area contributed by atoms with Crippen LogP contribution >= 0.6 is 0 Å². The monoisotopic (exact) mass is 961 g/mol. The summed E-state index contributed by atoms with van der Waals surface area (Å²) < 4.78 is 16.7. The number of hydrogen-bond acceptors (Lipinski definition) is 6. The van der Waals surface area contributed by atoms with Crippen LogP contribution in [0.3, 0.4) is 0 Å². The topological polar surface area (TPSA) is 78.9 Å². The van der Waals surface area contributed by atoms with Crippen molar-refractivity contribution in [2.45, 2.75) is 200 Å². The number of unbranched alkanes of at least 4 members (excludes halogenated alkanes) is 12.